The number of piperidine rings is 1. The van der Waals surface area contributed by atoms with Crippen LogP contribution in [0.25, 0.3) is 0 Å². The molecular weight excluding hydrogens is 723 g/mol. The molecule has 53 heavy (non-hydrogen) atoms. The third-order valence-electron chi connectivity index (χ3n) is 9.26. The normalized spacial score (nSPS) is 18.3. The Bertz CT molecular complexity index is 1930. The third-order valence-corrected chi connectivity index (χ3v) is 11.3. The molecular formula is C38H49N3O10S2. The Balaban J connectivity index is 1.39. The molecule has 0 aromatic heterocycles. The van der Waals surface area contributed by atoms with Crippen LogP contribution in [-0.4, -0.2) is 85.0 Å². The molecule has 2 aliphatic rings. The van der Waals surface area contributed by atoms with Gasteiger partial charge < -0.3 is 24.4 Å². The number of nitrogens with one attached hydrogen (secondary N) is 2. The fraction of sp³-hybridized carbons (Fsp3) is 0.474. The second kappa shape index (κ2) is 16.6. The van der Waals surface area contributed by atoms with Crippen molar-refractivity contribution in [2.45, 2.75) is 75.0 Å². The number of likely N-dealkylation sites (tertiary alicyclic amines) is 1. The maximum absolute atomic E-state index is 14.2. The number of hydrogen-bond donors (Lipinski definition) is 2. The summed E-state index contributed by atoms with van der Waals surface area (Å²) in [5, 5.41) is 3.20. The Labute approximate surface area is 312 Å². The molecule has 5 rings (SSSR count). The summed E-state index contributed by atoms with van der Waals surface area (Å²) in [6.07, 6.45) is 2.74. The van der Waals surface area contributed by atoms with Gasteiger partial charge in [0, 0.05) is 55.9 Å². The molecule has 2 atom stereocenters. The quantitative estimate of drug-likeness (QED) is 0.167. The molecule has 0 radical (unpaired) electrons. The van der Waals surface area contributed by atoms with Crippen LogP contribution in [0.4, 0.5) is 4.79 Å². The lowest BCUT2D eigenvalue weighted by atomic mass is 9.69. The van der Waals surface area contributed by atoms with Gasteiger partial charge in [0.25, 0.3) is 10.1 Å². The molecule has 2 unspecified atom stereocenters. The molecule has 0 bridgehead atoms. The molecule has 3 aromatic carbocycles. The Hall–Kier alpha value is -4.02. The highest BCUT2D eigenvalue weighted by atomic mass is 32.2. The summed E-state index contributed by atoms with van der Waals surface area (Å²) in [7, 11) is -6.13. The van der Waals surface area contributed by atoms with E-state index in [1.807, 2.05) is 48.5 Å². The van der Waals surface area contributed by atoms with Crippen LogP contribution in [0.2, 0.25) is 0 Å². The predicted molar refractivity (Wildman–Crippen MR) is 199 cm³/mol. The maximum Gasteiger partial charge on any atom is 0.410 e. The molecule has 2 N–H and O–H groups in total. The van der Waals surface area contributed by atoms with E-state index in [0.29, 0.717) is 30.1 Å². The van der Waals surface area contributed by atoms with Gasteiger partial charge in [-0.2, -0.15) is 8.42 Å². The van der Waals surface area contributed by atoms with Crippen molar-refractivity contribution in [3.8, 4) is 11.5 Å². The SMILES string of the molecule is COCCCCC1(CNC(=O)C2CC(NS(=O)(=O)c3ccc(COS(C)(=O)=O)cc3)CN(C(=O)OC(C)(C)C)C2)c2ccccc2Oc2ccccc21. The fourth-order valence-corrected chi connectivity index (χ4v) is 8.44. The highest BCUT2D eigenvalue weighted by molar-refractivity contribution is 7.89. The second-order valence-corrected chi connectivity index (χ2v) is 17.9. The molecule has 2 amide bonds. The molecule has 1 fully saturated rings. The number of rotatable bonds is 14. The Kier molecular flexibility index (Phi) is 12.5. The Morgan fingerprint density at radius 2 is 1.53 bits per heavy atom. The van der Waals surface area contributed by atoms with Crippen molar-refractivity contribution in [3.05, 3.63) is 89.5 Å². The first-order valence-electron chi connectivity index (χ1n) is 17.6. The van der Waals surface area contributed by atoms with E-state index in [4.69, 9.17) is 18.4 Å². The smallest absolute Gasteiger partial charge is 0.410 e. The molecule has 3 aromatic rings. The summed E-state index contributed by atoms with van der Waals surface area (Å²) in [4.78, 5) is 28.9. The lowest BCUT2D eigenvalue weighted by Gasteiger charge is -2.42. The Morgan fingerprint density at radius 3 is 2.11 bits per heavy atom. The van der Waals surface area contributed by atoms with Crippen molar-refractivity contribution in [3.63, 3.8) is 0 Å². The van der Waals surface area contributed by atoms with Gasteiger partial charge in [-0.05, 0) is 76.3 Å². The van der Waals surface area contributed by atoms with Crippen LogP contribution < -0.4 is 14.8 Å². The van der Waals surface area contributed by atoms with Gasteiger partial charge in [-0.15, -0.1) is 0 Å². The highest BCUT2D eigenvalue weighted by Crippen LogP contribution is 2.50. The van der Waals surface area contributed by atoms with Crippen molar-refractivity contribution < 1.29 is 44.8 Å². The summed E-state index contributed by atoms with van der Waals surface area (Å²) >= 11 is 0. The van der Waals surface area contributed by atoms with Crippen molar-refractivity contribution in [1.82, 2.24) is 14.9 Å². The third kappa shape index (κ3) is 10.4. The average molecular weight is 772 g/mol. The van der Waals surface area contributed by atoms with Gasteiger partial charge in [-0.1, -0.05) is 48.5 Å². The van der Waals surface area contributed by atoms with Crippen LogP contribution in [0.15, 0.2) is 77.7 Å². The second-order valence-electron chi connectivity index (χ2n) is 14.6. The molecule has 13 nitrogen and oxygen atoms in total. The predicted octanol–water partition coefficient (Wildman–Crippen LogP) is 5.09. The van der Waals surface area contributed by atoms with E-state index in [-0.39, 0.29) is 43.5 Å². The molecule has 2 heterocycles. The number of para-hydroxylation sites is 2. The number of fused-ring (bicyclic) bond motifs is 2. The first-order chi connectivity index (χ1) is 25.0. The van der Waals surface area contributed by atoms with Crippen molar-refractivity contribution in [2.24, 2.45) is 5.92 Å². The number of carbonyl (C=O) groups excluding carboxylic acids is 2. The van der Waals surface area contributed by atoms with Gasteiger partial charge in [0.2, 0.25) is 15.9 Å². The summed E-state index contributed by atoms with van der Waals surface area (Å²) < 4.78 is 74.7. The molecule has 0 saturated carbocycles. The van der Waals surface area contributed by atoms with E-state index < -0.39 is 49.2 Å². The minimum absolute atomic E-state index is 0.0142. The largest absolute Gasteiger partial charge is 0.457 e. The van der Waals surface area contributed by atoms with Gasteiger partial charge >= 0.3 is 6.09 Å². The number of sulfonamides is 1. The maximum atomic E-state index is 14.2. The highest BCUT2D eigenvalue weighted by Gasteiger charge is 2.43. The van der Waals surface area contributed by atoms with Gasteiger partial charge in [0.05, 0.1) is 23.7 Å². The summed E-state index contributed by atoms with van der Waals surface area (Å²) in [5.74, 6) is 0.337. The van der Waals surface area contributed by atoms with Crippen LogP contribution in [-0.2, 0) is 50.6 Å². The molecule has 2 aliphatic heterocycles. The summed E-state index contributed by atoms with van der Waals surface area (Å²) in [5.41, 5.74) is 0.924. The van der Waals surface area contributed by atoms with Crippen LogP contribution >= 0.6 is 0 Å². The monoisotopic (exact) mass is 771 g/mol. The van der Waals surface area contributed by atoms with Crippen LogP contribution in [0, 0.1) is 5.92 Å². The van der Waals surface area contributed by atoms with Gasteiger partial charge in [0.15, 0.2) is 0 Å². The topological polar surface area (TPSA) is 167 Å². The van der Waals surface area contributed by atoms with Crippen molar-refractivity contribution >= 4 is 32.1 Å². The number of benzene rings is 3. The van der Waals surface area contributed by atoms with Gasteiger partial charge in [-0.3, -0.25) is 8.98 Å². The van der Waals surface area contributed by atoms with Crippen LogP contribution in [0.3, 0.4) is 0 Å². The van der Waals surface area contributed by atoms with Gasteiger partial charge in [-0.25, -0.2) is 17.9 Å². The first kappa shape index (κ1) is 40.2. The van der Waals surface area contributed by atoms with Crippen LogP contribution in [0.1, 0.15) is 63.1 Å². The number of nitrogens with zero attached hydrogens (tertiary/aromatic N) is 1. The fourth-order valence-electron chi connectivity index (χ4n) is 6.85. The van der Waals surface area contributed by atoms with Crippen molar-refractivity contribution in [1.29, 1.82) is 0 Å². The van der Waals surface area contributed by atoms with E-state index in [2.05, 4.69) is 10.0 Å². The van der Waals surface area contributed by atoms with Gasteiger partial charge in [0.1, 0.15) is 17.1 Å². The lowest BCUT2D eigenvalue weighted by Crippen LogP contribution is -2.56. The van der Waals surface area contributed by atoms with E-state index >= 15 is 0 Å². The number of unbranched alkanes of at least 4 members (excludes halogenated alkanes) is 1. The molecule has 288 valence electrons. The summed E-state index contributed by atoms with van der Waals surface area (Å²) in [6.45, 7) is 5.83. The molecule has 0 spiro atoms. The number of carbonyl (C=O) groups is 2. The zero-order valence-electron chi connectivity index (χ0n) is 30.8. The number of hydrogen-bond acceptors (Lipinski definition) is 10. The van der Waals surface area contributed by atoms with E-state index in [1.165, 1.54) is 29.2 Å². The minimum Gasteiger partial charge on any atom is -0.457 e. The number of ether oxygens (including phenoxy) is 3. The van der Waals surface area contributed by atoms with Crippen LogP contribution in [0.5, 0.6) is 11.5 Å². The Morgan fingerprint density at radius 1 is 0.906 bits per heavy atom. The zero-order chi connectivity index (χ0) is 38.4. The first-order valence-corrected chi connectivity index (χ1v) is 20.9. The van der Waals surface area contributed by atoms with E-state index in [9.17, 15) is 26.4 Å². The number of methoxy groups -OCH3 is 1. The molecule has 0 aliphatic carbocycles. The zero-order valence-corrected chi connectivity index (χ0v) is 32.4. The van der Waals surface area contributed by atoms with E-state index in [0.717, 1.165) is 30.2 Å². The van der Waals surface area contributed by atoms with Crippen molar-refractivity contribution in [2.75, 3.05) is 39.6 Å². The minimum atomic E-state index is -4.12. The summed E-state index contributed by atoms with van der Waals surface area (Å²) in [6, 6.07) is 20.4. The van der Waals surface area contributed by atoms with E-state index in [1.54, 1.807) is 27.9 Å². The molecule has 15 heteroatoms. The number of amides is 2. The standard InChI is InChI=1S/C38H49N3O10S2/c1-37(2,3)51-36(43)41-23-28(22-29(24-41)40-53(46,47)30-18-16-27(17-19-30)25-49-52(5,44)45)35(42)39-26-38(20-10-11-21-48-4)31-12-6-8-14-33(31)50-34-15-9-7-13-32(34)38/h6-9,12-19,28-29,40H,10-11,20-26H2,1-5H3,(H,39,42). The molecule has 1 saturated heterocycles. The average Bonchev–Trinajstić information content (AvgIpc) is 3.10. The lowest BCUT2D eigenvalue weighted by molar-refractivity contribution is -0.127.